The van der Waals surface area contributed by atoms with Crippen molar-refractivity contribution in [3.63, 3.8) is 0 Å². The minimum Gasteiger partial charge on any atom is -0.480 e. The predicted molar refractivity (Wildman–Crippen MR) is 134 cm³/mol. The zero-order valence-corrected chi connectivity index (χ0v) is 21.2. The largest absolute Gasteiger partial charge is 0.480 e. The molecule has 0 aromatic heterocycles. The molecule has 2 aliphatic heterocycles. The van der Waals surface area contributed by atoms with Gasteiger partial charge in [0.1, 0.15) is 12.4 Å². The highest BCUT2D eigenvalue weighted by Crippen LogP contribution is 2.40. The summed E-state index contributed by atoms with van der Waals surface area (Å²) in [6.45, 7) is 3.75. The summed E-state index contributed by atoms with van der Waals surface area (Å²) in [5.41, 5.74) is 1.39. The van der Waals surface area contributed by atoms with E-state index in [4.69, 9.17) is 5.11 Å². The lowest BCUT2D eigenvalue weighted by atomic mass is 9.93. The molecule has 3 aliphatic rings. The lowest BCUT2D eigenvalue weighted by Gasteiger charge is -2.39. The van der Waals surface area contributed by atoms with Gasteiger partial charge >= 0.3 is 5.97 Å². The maximum atomic E-state index is 14.8. The first kappa shape index (κ1) is 26.5. The monoisotopic (exact) mass is 517 g/mol. The molecule has 3 fully saturated rings. The number of aliphatic carboxylic acids is 1. The van der Waals surface area contributed by atoms with Crippen molar-refractivity contribution < 1.29 is 28.7 Å². The van der Waals surface area contributed by atoms with Crippen LogP contribution in [0, 0.1) is 11.7 Å². The molecule has 10 heteroatoms. The van der Waals surface area contributed by atoms with E-state index in [1.807, 2.05) is 15.9 Å². The molecule has 0 spiro atoms. The Balaban J connectivity index is 1.51. The van der Waals surface area contributed by atoms with Gasteiger partial charge in [-0.15, -0.1) is 0 Å². The molecule has 4 rings (SSSR count). The highest BCUT2D eigenvalue weighted by molar-refractivity contribution is 8.14. The van der Waals surface area contributed by atoms with Gasteiger partial charge in [-0.3, -0.25) is 29.0 Å². The quantitative estimate of drug-likeness (QED) is 0.499. The summed E-state index contributed by atoms with van der Waals surface area (Å²) < 4.78 is 14.8. The highest BCUT2D eigenvalue weighted by Gasteiger charge is 2.41. The van der Waals surface area contributed by atoms with E-state index in [9.17, 15) is 23.6 Å². The molecule has 2 atom stereocenters. The zero-order chi connectivity index (χ0) is 25.8. The van der Waals surface area contributed by atoms with Crippen LogP contribution in [0.4, 0.5) is 4.39 Å². The van der Waals surface area contributed by atoms with Crippen LogP contribution < -0.4 is 0 Å². The molecule has 2 saturated heterocycles. The van der Waals surface area contributed by atoms with E-state index in [-0.39, 0.29) is 46.9 Å². The molecule has 0 radical (unpaired) electrons. The van der Waals surface area contributed by atoms with Crippen LogP contribution in [-0.4, -0.2) is 93.6 Å². The predicted octanol–water partition coefficient (Wildman–Crippen LogP) is 2.36. The van der Waals surface area contributed by atoms with Gasteiger partial charge in [-0.05, 0) is 30.9 Å². The first-order valence-corrected chi connectivity index (χ1v) is 13.2. The summed E-state index contributed by atoms with van der Waals surface area (Å²) >= 11 is 1.27. The number of carboxylic acid groups (broad SMARTS) is 1. The number of carbonyl (C=O) groups excluding carboxylic acids is 3. The van der Waals surface area contributed by atoms with Crippen molar-refractivity contribution in [2.45, 2.75) is 37.5 Å². The zero-order valence-electron chi connectivity index (χ0n) is 20.4. The molecule has 1 aromatic carbocycles. The minimum atomic E-state index is -1.03. The number of benzene rings is 1. The molecular formula is C26H32FN3O5S. The van der Waals surface area contributed by atoms with Crippen LogP contribution in [0.1, 0.15) is 37.8 Å². The van der Waals surface area contributed by atoms with Crippen LogP contribution in [0.5, 0.6) is 0 Å². The van der Waals surface area contributed by atoms with E-state index >= 15 is 0 Å². The summed E-state index contributed by atoms with van der Waals surface area (Å²) in [6, 6.07) is 5.78. The number of amides is 1. The molecule has 1 N–H and O–H groups in total. The van der Waals surface area contributed by atoms with Gasteiger partial charge in [-0.25, -0.2) is 4.39 Å². The molecular weight excluding hydrogens is 485 g/mol. The Labute approximate surface area is 214 Å². The second kappa shape index (κ2) is 11.7. The fourth-order valence-electron chi connectivity index (χ4n) is 4.94. The normalized spacial score (nSPS) is 23.6. The first-order valence-electron chi connectivity index (χ1n) is 12.3. The lowest BCUT2D eigenvalue weighted by molar-refractivity contribution is -0.146. The summed E-state index contributed by atoms with van der Waals surface area (Å²) in [6.07, 6.45) is 4.35. The van der Waals surface area contributed by atoms with E-state index in [1.54, 1.807) is 18.2 Å². The average Bonchev–Trinajstić information content (AvgIpc) is 3.67. The van der Waals surface area contributed by atoms with Crippen molar-refractivity contribution in [3.8, 4) is 0 Å². The number of Topliss-reactive ketones (excluding diaryl/α,β-unsaturated/α-hetero) is 1. The maximum Gasteiger partial charge on any atom is 0.323 e. The van der Waals surface area contributed by atoms with Crippen molar-refractivity contribution in [3.05, 3.63) is 47.3 Å². The van der Waals surface area contributed by atoms with E-state index < -0.39 is 12.0 Å². The van der Waals surface area contributed by atoms with E-state index in [1.165, 1.54) is 29.7 Å². The van der Waals surface area contributed by atoms with Crippen LogP contribution in [0.15, 0.2) is 35.9 Å². The van der Waals surface area contributed by atoms with Gasteiger partial charge in [0.15, 0.2) is 10.9 Å². The molecule has 1 aliphatic carbocycles. The fourth-order valence-corrected chi connectivity index (χ4v) is 5.89. The van der Waals surface area contributed by atoms with Crippen LogP contribution in [-0.2, 0) is 19.2 Å². The summed E-state index contributed by atoms with van der Waals surface area (Å²) in [4.78, 5) is 53.8. The first-order chi connectivity index (χ1) is 17.2. The summed E-state index contributed by atoms with van der Waals surface area (Å²) in [5.74, 6) is -1.62. The fraction of sp³-hybridized carbons (Fsp3) is 0.538. The number of likely N-dealkylation sites (tertiary alicyclic amines) is 1. The van der Waals surface area contributed by atoms with Crippen LogP contribution in [0.2, 0.25) is 0 Å². The number of rotatable bonds is 9. The minimum absolute atomic E-state index is 0.0107. The van der Waals surface area contributed by atoms with E-state index in [0.29, 0.717) is 44.7 Å². The van der Waals surface area contributed by atoms with Gasteiger partial charge in [0.2, 0.25) is 5.91 Å². The molecule has 8 nitrogen and oxygen atoms in total. The number of carbonyl (C=O) groups is 4. The number of nitrogens with zero attached hydrogens (tertiary/aromatic N) is 3. The number of hydrogen-bond acceptors (Lipinski definition) is 7. The van der Waals surface area contributed by atoms with Crippen LogP contribution >= 0.6 is 11.8 Å². The molecule has 1 amide bonds. The Morgan fingerprint density at radius 3 is 2.53 bits per heavy atom. The Hall–Kier alpha value is -2.56. The molecule has 0 bridgehead atoms. The molecule has 2 heterocycles. The number of ketones is 1. The van der Waals surface area contributed by atoms with Crippen LogP contribution in [0.25, 0.3) is 0 Å². The topological polar surface area (TPSA) is 98.2 Å². The lowest BCUT2D eigenvalue weighted by Crippen LogP contribution is -2.51. The van der Waals surface area contributed by atoms with Gasteiger partial charge in [-0.1, -0.05) is 36.0 Å². The average molecular weight is 518 g/mol. The number of hydrogen-bond donors (Lipinski definition) is 1. The van der Waals surface area contributed by atoms with Crippen molar-refractivity contribution in [1.29, 1.82) is 0 Å². The third-order valence-corrected chi connectivity index (χ3v) is 8.09. The van der Waals surface area contributed by atoms with Gasteiger partial charge in [-0.2, -0.15) is 0 Å². The van der Waals surface area contributed by atoms with Gasteiger partial charge in [0.05, 0.1) is 12.6 Å². The molecule has 2 unspecified atom stereocenters. The Bertz CT molecular complexity index is 1060. The second-order valence-electron chi connectivity index (χ2n) is 9.68. The SMILES string of the molecule is CC(=O)SC1CCN(C(C(=O)C2CC2)c2ccccc2F)C/C1=C/CN1CCN(CC(=O)O)C(=O)C1. The van der Waals surface area contributed by atoms with Crippen molar-refractivity contribution in [1.82, 2.24) is 14.7 Å². The van der Waals surface area contributed by atoms with E-state index in [0.717, 1.165) is 18.4 Å². The number of piperidine rings is 1. The second-order valence-corrected chi connectivity index (χ2v) is 11.1. The van der Waals surface area contributed by atoms with Gasteiger partial charge in [0, 0.05) is 56.4 Å². The molecule has 1 saturated carbocycles. The number of carboxylic acids is 1. The van der Waals surface area contributed by atoms with E-state index in [2.05, 4.69) is 0 Å². The van der Waals surface area contributed by atoms with Crippen molar-refractivity contribution >= 4 is 34.5 Å². The summed E-state index contributed by atoms with van der Waals surface area (Å²) in [7, 11) is 0. The molecule has 36 heavy (non-hydrogen) atoms. The Morgan fingerprint density at radius 2 is 1.89 bits per heavy atom. The standard InChI is InChI=1S/C26H32FN3O5S/c1-17(31)36-22-9-11-30(25(26(35)18-6-7-18)20-4-2-3-5-21(20)27)14-19(22)8-10-28-12-13-29(16-24(33)34)23(32)15-28/h2-5,8,18,22,25H,6-7,9-16H2,1H3,(H,33,34)/b19-8-. The smallest absolute Gasteiger partial charge is 0.323 e. The number of halogens is 1. The van der Waals surface area contributed by atoms with Gasteiger partial charge in [0.25, 0.3) is 0 Å². The Morgan fingerprint density at radius 1 is 1.14 bits per heavy atom. The van der Waals surface area contributed by atoms with Crippen molar-refractivity contribution in [2.75, 3.05) is 45.8 Å². The van der Waals surface area contributed by atoms with Crippen molar-refractivity contribution in [2.24, 2.45) is 5.92 Å². The van der Waals surface area contributed by atoms with Gasteiger partial charge < -0.3 is 10.0 Å². The maximum absolute atomic E-state index is 14.8. The summed E-state index contributed by atoms with van der Waals surface area (Å²) in [5, 5.41) is 8.94. The van der Waals surface area contributed by atoms with Crippen LogP contribution in [0.3, 0.4) is 0 Å². The molecule has 1 aromatic rings. The Kier molecular flexibility index (Phi) is 8.58. The highest BCUT2D eigenvalue weighted by atomic mass is 32.2. The number of piperazine rings is 1. The number of thioether (sulfide) groups is 1. The third kappa shape index (κ3) is 6.60. The third-order valence-electron chi connectivity index (χ3n) is 6.94. The molecule has 194 valence electrons.